The predicted octanol–water partition coefficient (Wildman–Crippen LogP) is 4.02. The number of rotatable bonds is 2. The van der Waals surface area contributed by atoms with E-state index >= 15 is 0 Å². The van der Waals surface area contributed by atoms with Crippen molar-refractivity contribution in [2.75, 3.05) is 18.4 Å². The van der Waals surface area contributed by atoms with Crippen LogP contribution in [0, 0.1) is 0 Å². The fourth-order valence-electron chi connectivity index (χ4n) is 2.24. The van der Waals surface area contributed by atoms with Gasteiger partial charge in [-0.25, -0.2) is 0 Å². The van der Waals surface area contributed by atoms with Crippen molar-refractivity contribution in [1.82, 2.24) is 5.32 Å². The minimum absolute atomic E-state index is 0.227. The van der Waals surface area contributed by atoms with Crippen LogP contribution in [0.2, 0.25) is 0 Å². The van der Waals surface area contributed by atoms with E-state index in [-0.39, 0.29) is 6.04 Å². The molecule has 2 rings (SSSR count). The molecule has 1 fully saturated rings. The molecule has 1 unspecified atom stereocenters. The molecule has 6 heteroatoms. The Morgan fingerprint density at radius 3 is 2.68 bits per heavy atom. The Morgan fingerprint density at radius 2 is 1.95 bits per heavy atom. The van der Waals surface area contributed by atoms with Crippen molar-refractivity contribution in [3.63, 3.8) is 0 Å². The van der Waals surface area contributed by atoms with Crippen LogP contribution in [0.1, 0.15) is 24.8 Å². The van der Waals surface area contributed by atoms with Crippen LogP contribution in [0.25, 0.3) is 0 Å². The van der Waals surface area contributed by atoms with E-state index < -0.39 is 11.7 Å². The first-order chi connectivity index (χ1) is 8.95. The molecule has 1 aliphatic rings. The second kappa shape index (κ2) is 6.13. The number of alkyl halides is 3. The summed E-state index contributed by atoms with van der Waals surface area (Å²) in [4.78, 5) is 0. The Labute approximate surface area is 118 Å². The minimum Gasteiger partial charge on any atom is -0.382 e. The van der Waals surface area contributed by atoms with Crippen LogP contribution in [-0.2, 0) is 6.18 Å². The smallest absolute Gasteiger partial charge is 0.382 e. The van der Waals surface area contributed by atoms with Gasteiger partial charge in [0.25, 0.3) is 0 Å². The van der Waals surface area contributed by atoms with E-state index in [1.165, 1.54) is 6.07 Å². The van der Waals surface area contributed by atoms with Gasteiger partial charge >= 0.3 is 6.18 Å². The first kappa shape index (κ1) is 14.7. The van der Waals surface area contributed by atoms with E-state index in [1.807, 2.05) is 0 Å². The van der Waals surface area contributed by atoms with Crippen LogP contribution in [0.4, 0.5) is 18.9 Å². The summed E-state index contributed by atoms with van der Waals surface area (Å²) in [6.45, 7) is 1.88. The summed E-state index contributed by atoms with van der Waals surface area (Å²) in [6, 6.07) is 4.18. The molecule has 19 heavy (non-hydrogen) atoms. The first-order valence-corrected chi connectivity index (χ1v) is 7.09. The summed E-state index contributed by atoms with van der Waals surface area (Å²) in [5, 5.41) is 6.48. The molecule has 2 nitrogen and oxygen atoms in total. The molecule has 106 valence electrons. The normalized spacial score (nSPS) is 20.9. The molecule has 0 saturated carbocycles. The third-order valence-corrected chi connectivity index (χ3v) is 3.63. The van der Waals surface area contributed by atoms with E-state index in [2.05, 4.69) is 26.6 Å². The fourth-order valence-corrected chi connectivity index (χ4v) is 2.73. The summed E-state index contributed by atoms with van der Waals surface area (Å²) in [6.07, 6.45) is -1.38. The fraction of sp³-hybridized carbons (Fsp3) is 0.538. The largest absolute Gasteiger partial charge is 0.416 e. The van der Waals surface area contributed by atoms with Gasteiger partial charge in [-0.1, -0.05) is 15.9 Å². The maximum absolute atomic E-state index is 12.7. The maximum Gasteiger partial charge on any atom is 0.416 e. The Balaban J connectivity index is 2.13. The Bertz CT molecular complexity index is 426. The lowest BCUT2D eigenvalue weighted by Crippen LogP contribution is -2.21. The second-order valence-corrected chi connectivity index (χ2v) is 5.66. The lowest BCUT2D eigenvalue weighted by atomic mass is 10.1. The number of anilines is 1. The molecule has 1 saturated heterocycles. The van der Waals surface area contributed by atoms with Crippen molar-refractivity contribution in [1.29, 1.82) is 0 Å². The zero-order valence-corrected chi connectivity index (χ0v) is 11.9. The van der Waals surface area contributed by atoms with Gasteiger partial charge in [0, 0.05) is 16.2 Å². The molecule has 0 spiro atoms. The van der Waals surface area contributed by atoms with E-state index in [0.717, 1.165) is 38.4 Å². The average Bonchev–Trinajstić information content (AvgIpc) is 2.55. The van der Waals surface area contributed by atoms with E-state index in [1.54, 1.807) is 6.07 Å². The van der Waals surface area contributed by atoms with E-state index in [0.29, 0.717) is 10.2 Å². The monoisotopic (exact) mass is 336 g/mol. The summed E-state index contributed by atoms with van der Waals surface area (Å²) < 4.78 is 38.6. The number of halogens is 4. The molecular formula is C13H16BrF3N2. The van der Waals surface area contributed by atoms with Gasteiger partial charge in [0.1, 0.15) is 0 Å². The van der Waals surface area contributed by atoms with Gasteiger partial charge in [0.05, 0.1) is 5.56 Å². The zero-order valence-electron chi connectivity index (χ0n) is 10.4. The van der Waals surface area contributed by atoms with Crippen molar-refractivity contribution in [2.24, 2.45) is 0 Å². The second-order valence-electron chi connectivity index (χ2n) is 4.75. The van der Waals surface area contributed by atoms with Crippen LogP contribution < -0.4 is 10.6 Å². The standard InChI is InChI=1S/C13H16BrF3N2/c14-10-6-9(13(15,16)17)7-12(8-10)19-11-2-1-4-18-5-3-11/h6-8,11,18-19H,1-5H2. The Kier molecular flexibility index (Phi) is 4.73. The van der Waals surface area contributed by atoms with E-state index in [9.17, 15) is 13.2 Å². The van der Waals surface area contributed by atoms with Gasteiger partial charge in [-0.3, -0.25) is 0 Å². The van der Waals surface area contributed by atoms with Crippen molar-refractivity contribution >= 4 is 21.6 Å². The third-order valence-electron chi connectivity index (χ3n) is 3.17. The van der Waals surface area contributed by atoms with Gasteiger partial charge in [0.2, 0.25) is 0 Å². The first-order valence-electron chi connectivity index (χ1n) is 6.30. The molecule has 0 amide bonds. The average molecular weight is 337 g/mol. The molecule has 1 atom stereocenters. The quantitative estimate of drug-likeness (QED) is 0.852. The van der Waals surface area contributed by atoms with Crippen LogP contribution in [0.15, 0.2) is 22.7 Å². The molecule has 0 bridgehead atoms. The number of nitrogens with one attached hydrogen (secondary N) is 2. The van der Waals surface area contributed by atoms with Crippen LogP contribution in [0.3, 0.4) is 0 Å². The van der Waals surface area contributed by atoms with Crippen LogP contribution in [-0.4, -0.2) is 19.1 Å². The molecular weight excluding hydrogens is 321 g/mol. The molecule has 1 aromatic carbocycles. The van der Waals surface area contributed by atoms with Gasteiger partial charge < -0.3 is 10.6 Å². The maximum atomic E-state index is 12.7. The van der Waals surface area contributed by atoms with Crippen molar-refractivity contribution < 1.29 is 13.2 Å². The van der Waals surface area contributed by atoms with Crippen molar-refractivity contribution in [3.05, 3.63) is 28.2 Å². The van der Waals surface area contributed by atoms with Gasteiger partial charge in [0.15, 0.2) is 0 Å². The molecule has 0 aliphatic carbocycles. The van der Waals surface area contributed by atoms with Crippen LogP contribution >= 0.6 is 15.9 Å². The summed E-state index contributed by atoms with van der Waals surface area (Å²) in [5.74, 6) is 0. The number of hydrogen-bond acceptors (Lipinski definition) is 2. The zero-order chi connectivity index (χ0) is 13.9. The van der Waals surface area contributed by atoms with Crippen LogP contribution in [0.5, 0.6) is 0 Å². The summed E-state index contributed by atoms with van der Waals surface area (Å²) >= 11 is 3.13. The lowest BCUT2D eigenvalue weighted by molar-refractivity contribution is -0.137. The molecule has 2 N–H and O–H groups in total. The number of hydrogen-bond donors (Lipinski definition) is 2. The molecule has 0 aromatic heterocycles. The Morgan fingerprint density at radius 1 is 1.16 bits per heavy atom. The molecule has 1 heterocycles. The van der Waals surface area contributed by atoms with Crippen molar-refractivity contribution in [2.45, 2.75) is 31.5 Å². The highest BCUT2D eigenvalue weighted by Gasteiger charge is 2.31. The summed E-state index contributed by atoms with van der Waals surface area (Å²) in [5.41, 5.74) is -0.107. The van der Waals surface area contributed by atoms with Gasteiger partial charge in [-0.2, -0.15) is 13.2 Å². The summed E-state index contributed by atoms with van der Waals surface area (Å²) in [7, 11) is 0. The molecule has 1 aliphatic heterocycles. The highest BCUT2D eigenvalue weighted by Crippen LogP contribution is 2.33. The van der Waals surface area contributed by atoms with Gasteiger partial charge in [-0.05, 0) is 50.6 Å². The third kappa shape index (κ3) is 4.38. The highest BCUT2D eigenvalue weighted by molar-refractivity contribution is 9.10. The SMILES string of the molecule is FC(F)(F)c1cc(Br)cc(NC2CCCNCC2)c1. The molecule has 1 aromatic rings. The molecule has 0 radical (unpaired) electrons. The number of benzene rings is 1. The predicted molar refractivity (Wildman–Crippen MR) is 73.3 cm³/mol. The van der Waals surface area contributed by atoms with Gasteiger partial charge in [-0.15, -0.1) is 0 Å². The lowest BCUT2D eigenvalue weighted by Gasteiger charge is -2.19. The van der Waals surface area contributed by atoms with E-state index in [4.69, 9.17) is 0 Å². The Hall–Kier alpha value is -0.750. The van der Waals surface area contributed by atoms with Crippen molar-refractivity contribution in [3.8, 4) is 0 Å². The highest BCUT2D eigenvalue weighted by atomic mass is 79.9. The topological polar surface area (TPSA) is 24.1 Å². The minimum atomic E-state index is -4.31.